The predicted molar refractivity (Wildman–Crippen MR) is 61.5 cm³/mol. The molecule has 6 heteroatoms. The second-order valence-corrected chi connectivity index (χ2v) is 3.98. The molecule has 1 aliphatic rings. The van der Waals surface area contributed by atoms with Crippen LogP contribution in [0.1, 0.15) is 12.8 Å². The largest absolute Gasteiger partial charge is 0.391 e. The molecular weight excluding hydrogens is 208 g/mol. The summed E-state index contributed by atoms with van der Waals surface area (Å²) in [5.74, 6) is 0.513. The van der Waals surface area contributed by atoms with E-state index in [-0.39, 0.29) is 17.4 Å². The van der Waals surface area contributed by atoms with Crippen molar-refractivity contribution >= 4 is 11.5 Å². The number of H-pyrrole nitrogens is 1. The SMILES string of the molecule is CN(CC1CCCO1)c1nc[nH]c(=O)c1N. The van der Waals surface area contributed by atoms with E-state index in [1.165, 1.54) is 6.33 Å². The number of anilines is 2. The number of aromatic nitrogens is 2. The summed E-state index contributed by atoms with van der Waals surface area (Å²) in [7, 11) is 1.86. The Balaban J connectivity index is 2.10. The minimum Gasteiger partial charge on any atom is -0.391 e. The topological polar surface area (TPSA) is 84.2 Å². The summed E-state index contributed by atoms with van der Waals surface area (Å²) in [6, 6.07) is 0. The number of nitrogens with zero attached hydrogens (tertiary/aromatic N) is 2. The van der Waals surface area contributed by atoms with Gasteiger partial charge in [0, 0.05) is 20.2 Å². The Morgan fingerprint density at radius 2 is 2.56 bits per heavy atom. The van der Waals surface area contributed by atoms with E-state index in [4.69, 9.17) is 10.5 Å². The molecule has 6 nitrogen and oxygen atoms in total. The lowest BCUT2D eigenvalue weighted by Gasteiger charge is -2.22. The summed E-state index contributed by atoms with van der Waals surface area (Å²) in [4.78, 5) is 19.7. The van der Waals surface area contributed by atoms with Gasteiger partial charge in [0.1, 0.15) is 5.69 Å². The van der Waals surface area contributed by atoms with Gasteiger partial charge >= 0.3 is 0 Å². The number of hydrogen-bond donors (Lipinski definition) is 2. The van der Waals surface area contributed by atoms with Crippen molar-refractivity contribution in [2.24, 2.45) is 0 Å². The van der Waals surface area contributed by atoms with Gasteiger partial charge in [-0.2, -0.15) is 0 Å². The number of hydrogen-bond acceptors (Lipinski definition) is 5. The van der Waals surface area contributed by atoms with Crippen molar-refractivity contribution in [1.29, 1.82) is 0 Å². The van der Waals surface area contributed by atoms with Crippen LogP contribution in [0.3, 0.4) is 0 Å². The summed E-state index contributed by atoms with van der Waals surface area (Å²) in [5, 5.41) is 0. The molecule has 2 heterocycles. The molecule has 1 atom stereocenters. The molecule has 2 rings (SSSR count). The lowest BCUT2D eigenvalue weighted by Crippen LogP contribution is -2.31. The Kier molecular flexibility index (Phi) is 3.09. The number of ether oxygens (including phenoxy) is 1. The fourth-order valence-corrected chi connectivity index (χ4v) is 1.89. The van der Waals surface area contributed by atoms with Crippen LogP contribution in [-0.4, -0.2) is 36.3 Å². The van der Waals surface area contributed by atoms with E-state index in [2.05, 4.69) is 9.97 Å². The summed E-state index contributed by atoms with van der Waals surface area (Å²) >= 11 is 0. The number of likely N-dealkylation sites (N-methyl/N-ethyl adjacent to an activating group) is 1. The van der Waals surface area contributed by atoms with E-state index in [1.807, 2.05) is 11.9 Å². The Morgan fingerprint density at radius 1 is 1.75 bits per heavy atom. The van der Waals surface area contributed by atoms with Crippen LogP contribution in [0.5, 0.6) is 0 Å². The van der Waals surface area contributed by atoms with Crippen molar-refractivity contribution in [2.75, 3.05) is 30.8 Å². The fourth-order valence-electron chi connectivity index (χ4n) is 1.89. The molecule has 3 N–H and O–H groups in total. The molecule has 1 aromatic heterocycles. The van der Waals surface area contributed by atoms with Crippen LogP contribution in [0, 0.1) is 0 Å². The van der Waals surface area contributed by atoms with Crippen LogP contribution in [0.15, 0.2) is 11.1 Å². The molecule has 0 spiro atoms. The minimum absolute atomic E-state index is 0.156. The quantitative estimate of drug-likeness (QED) is 0.753. The first-order valence-corrected chi connectivity index (χ1v) is 5.34. The van der Waals surface area contributed by atoms with Gasteiger partial charge in [-0.25, -0.2) is 4.98 Å². The maximum atomic E-state index is 11.3. The summed E-state index contributed by atoms with van der Waals surface area (Å²) in [6.45, 7) is 1.53. The van der Waals surface area contributed by atoms with Crippen LogP contribution in [0.25, 0.3) is 0 Å². The third-order valence-corrected chi connectivity index (χ3v) is 2.73. The molecule has 0 aliphatic carbocycles. The monoisotopic (exact) mass is 224 g/mol. The van der Waals surface area contributed by atoms with Gasteiger partial charge in [0.2, 0.25) is 0 Å². The first kappa shape index (κ1) is 10.9. The van der Waals surface area contributed by atoms with E-state index in [0.717, 1.165) is 19.4 Å². The molecule has 1 unspecified atom stereocenters. The third kappa shape index (κ3) is 2.16. The van der Waals surface area contributed by atoms with Gasteiger partial charge in [0.25, 0.3) is 5.56 Å². The lowest BCUT2D eigenvalue weighted by atomic mass is 10.2. The van der Waals surface area contributed by atoms with Crippen LogP contribution in [0.2, 0.25) is 0 Å². The van der Waals surface area contributed by atoms with Gasteiger partial charge < -0.3 is 20.4 Å². The molecule has 1 aromatic rings. The third-order valence-electron chi connectivity index (χ3n) is 2.73. The zero-order valence-electron chi connectivity index (χ0n) is 9.27. The van der Waals surface area contributed by atoms with E-state index < -0.39 is 0 Å². The molecule has 0 radical (unpaired) electrons. The standard InChI is InChI=1S/C10H16N4O2/c1-14(5-7-3-2-4-16-7)9-8(11)10(15)13-6-12-9/h6-7H,2-5,11H2,1H3,(H,12,13,15). The normalized spacial score (nSPS) is 19.9. The van der Waals surface area contributed by atoms with Gasteiger partial charge in [-0.15, -0.1) is 0 Å². The summed E-state index contributed by atoms with van der Waals surface area (Å²) in [6.07, 6.45) is 3.72. The first-order valence-electron chi connectivity index (χ1n) is 5.34. The average Bonchev–Trinajstić information content (AvgIpc) is 2.74. The molecule has 1 fully saturated rings. The van der Waals surface area contributed by atoms with Crippen molar-refractivity contribution < 1.29 is 4.74 Å². The van der Waals surface area contributed by atoms with E-state index >= 15 is 0 Å². The second-order valence-electron chi connectivity index (χ2n) is 3.98. The van der Waals surface area contributed by atoms with E-state index in [9.17, 15) is 4.79 Å². The van der Waals surface area contributed by atoms with Gasteiger partial charge in [-0.05, 0) is 12.8 Å². The second kappa shape index (κ2) is 4.52. The van der Waals surface area contributed by atoms with Gasteiger partial charge in [-0.1, -0.05) is 0 Å². The zero-order chi connectivity index (χ0) is 11.5. The Morgan fingerprint density at radius 3 is 3.25 bits per heavy atom. The molecule has 0 saturated carbocycles. The van der Waals surface area contributed by atoms with Crippen molar-refractivity contribution in [1.82, 2.24) is 9.97 Å². The number of aromatic amines is 1. The van der Waals surface area contributed by atoms with E-state index in [0.29, 0.717) is 12.4 Å². The molecule has 88 valence electrons. The number of nitrogens with two attached hydrogens (primary N) is 1. The van der Waals surface area contributed by atoms with Crippen molar-refractivity contribution in [2.45, 2.75) is 18.9 Å². The molecule has 0 amide bonds. The van der Waals surface area contributed by atoms with Gasteiger partial charge in [0.05, 0.1) is 12.4 Å². The number of nitrogens with one attached hydrogen (secondary N) is 1. The van der Waals surface area contributed by atoms with Gasteiger partial charge in [0.15, 0.2) is 5.82 Å². The molecule has 16 heavy (non-hydrogen) atoms. The zero-order valence-corrected chi connectivity index (χ0v) is 9.27. The number of rotatable bonds is 3. The Bertz CT molecular complexity index is 412. The van der Waals surface area contributed by atoms with Crippen molar-refractivity contribution in [3.05, 3.63) is 16.7 Å². The molecule has 1 aliphatic heterocycles. The molecule has 0 aromatic carbocycles. The van der Waals surface area contributed by atoms with Crippen LogP contribution in [-0.2, 0) is 4.74 Å². The maximum Gasteiger partial charge on any atom is 0.276 e. The van der Waals surface area contributed by atoms with Crippen molar-refractivity contribution in [3.63, 3.8) is 0 Å². The van der Waals surface area contributed by atoms with Crippen LogP contribution in [0.4, 0.5) is 11.5 Å². The fraction of sp³-hybridized carbons (Fsp3) is 0.600. The lowest BCUT2D eigenvalue weighted by molar-refractivity contribution is 0.116. The highest BCUT2D eigenvalue weighted by atomic mass is 16.5. The molecular formula is C10H16N4O2. The first-order chi connectivity index (χ1) is 7.68. The van der Waals surface area contributed by atoms with Crippen LogP contribution >= 0.6 is 0 Å². The average molecular weight is 224 g/mol. The summed E-state index contributed by atoms with van der Waals surface area (Å²) in [5.41, 5.74) is 5.52. The highest BCUT2D eigenvalue weighted by Crippen LogP contribution is 2.18. The maximum absolute atomic E-state index is 11.3. The Hall–Kier alpha value is -1.56. The van der Waals surface area contributed by atoms with Crippen molar-refractivity contribution in [3.8, 4) is 0 Å². The van der Waals surface area contributed by atoms with Crippen LogP contribution < -0.4 is 16.2 Å². The smallest absolute Gasteiger partial charge is 0.276 e. The number of nitrogen functional groups attached to an aromatic ring is 1. The summed E-state index contributed by atoms with van der Waals surface area (Å²) < 4.78 is 5.52. The van der Waals surface area contributed by atoms with Gasteiger partial charge in [-0.3, -0.25) is 4.79 Å². The Labute approximate surface area is 93.4 Å². The predicted octanol–water partition coefficient (Wildman–Crippen LogP) is -0.0327. The van der Waals surface area contributed by atoms with E-state index in [1.54, 1.807) is 0 Å². The molecule has 0 bridgehead atoms. The highest BCUT2D eigenvalue weighted by Gasteiger charge is 2.19. The molecule has 1 saturated heterocycles. The highest BCUT2D eigenvalue weighted by molar-refractivity contribution is 5.60. The minimum atomic E-state index is -0.302.